The van der Waals surface area contributed by atoms with Gasteiger partial charge in [-0.25, -0.2) is 0 Å². The van der Waals surface area contributed by atoms with Crippen LogP contribution in [0.2, 0.25) is 5.02 Å². The molecule has 82 valence electrons. The van der Waals surface area contributed by atoms with Crippen LogP contribution in [-0.2, 0) is 4.79 Å². The summed E-state index contributed by atoms with van der Waals surface area (Å²) in [7, 11) is 1.54. The van der Waals surface area contributed by atoms with Gasteiger partial charge in [-0.05, 0) is 18.6 Å². The summed E-state index contributed by atoms with van der Waals surface area (Å²) in [6, 6.07) is 5.11. The van der Waals surface area contributed by atoms with Crippen LogP contribution < -0.4 is 10.1 Å². The molecule has 3 nitrogen and oxygen atoms in total. The Kier molecular flexibility index (Phi) is 4.43. The lowest BCUT2D eigenvalue weighted by Gasteiger charge is -2.09. The van der Waals surface area contributed by atoms with Crippen molar-refractivity contribution >= 4 is 23.2 Å². The maximum Gasteiger partial charge on any atom is 0.224 e. The normalized spacial score (nSPS) is 9.80. The summed E-state index contributed by atoms with van der Waals surface area (Å²) in [6.07, 6.45) is 1.33. The average Bonchev–Trinajstić information content (AvgIpc) is 2.21. The van der Waals surface area contributed by atoms with Gasteiger partial charge in [0.2, 0.25) is 5.91 Å². The topological polar surface area (TPSA) is 38.3 Å². The first-order chi connectivity index (χ1) is 7.17. The number of hydrogen-bond donors (Lipinski definition) is 1. The van der Waals surface area contributed by atoms with Crippen LogP contribution in [0.15, 0.2) is 18.2 Å². The minimum Gasteiger partial charge on any atom is -0.495 e. The highest BCUT2D eigenvalue weighted by Gasteiger charge is 2.06. The number of methoxy groups -OCH3 is 1. The second-order valence-electron chi connectivity index (χ2n) is 3.14. The first-order valence-electron chi connectivity index (χ1n) is 4.80. The molecule has 1 rings (SSSR count). The number of carbonyl (C=O) groups excluding carboxylic acids is 1. The summed E-state index contributed by atoms with van der Waals surface area (Å²) in [6.45, 7) is 1.96. The molecule has 0 aliphatic rings. The molecule has 15 heavy (non-hydrogen) atoms. The van der Waals surface area contributed by atoms with Crippen LogP contribution in [0.1, 0.15) is 19.8 Å². The highest BCUT2D eigenvalue weighted by atomic mass is 35.5. The van der Waals surface area contributed by atoms with Crippen molar-refractivity contribution in [1.82, 2.24) is 0 Å². The van der Waals surface area contributed by atoms with Crippen molar-refractivity contribution in [3.63, 3.8) is 0 Å². The second-order valence-corrected chi connectivity index (χ2v) is 3.58. The molecule has 0 saturated heterocycles. The van der Waals surface area contributed by atoms with E-state index in [1.54, 1.807) is 25.3 Å². The lowest BCUT2D eigenvalue weighted by molar-refractivity contribution is -0.116. The van der Waals surface area contributed by atoms with Crippen LogP contribution >= 0.6 is 11.6 Å². The predicted octanol–water partition coefficient (Wildman–Crippen LogP) is 3.09. The first-order valence-corrected chi connectivity index (χ1v) is 5.18. The molecule has 1 aromatic rings. The fraction of sp³-hybridized carbons (Fsp3) is 0.364. The molecule has 0 bridgehead atoms. The van der Waals surface area contributed by atoms with Crippen molar-refractivity contribution < 1.29 is 9.53 Å². The molecule has 1 amide bonds. The van der Waals surface area contributed by atoms with E-state index in [0.717, 1.165) is 6.42 Å². The third-order valence-corrected chi connectivity index (χ3v) is 2.15. The van der Waals surface area contributed by atoms with Crippen LogP contribution in [0.3, 0.4) is 0 Å². The molecule has 0 saturated carbocycles. The SMILES string of the molecule is CCCC(=O)Nc1ccc(Cl)cc1OC. The number of hydrogen-bond acceptors (Lipinski definition) is 2. The first kappa shape index (κ1) is 11.9. The minimum atomic E-state index is -0.0156. The van der Waals surface area contributed by atoms with Gasteiger partial charge in [-0.15, -0.1) is 0 Å². The largest absolute Gasteiger partial charge is 0.495 e. The Labute approximate surface area is 94.4 Å². The number of rotatable bonds is 4. The summed E-state index contributed by atoms with van der Waals surface area (Å²) in [5, 5.41) is 3.35. The molecule has 0 unspecified atom stereocenters. The monoisotopic (exact) mass is 227 g/mol. The molecule has 0 aromatic heterocycles. The van der Waals surface area contributed by atoms with Crippen molar-refractivity contribution in [1.29, 1.82) is 0 Å². The van der Waals surface area contributed by atoms with Gasteiger partial charge in [0.05, 0.1) is 12.8 Å². The van der Waals surface area contributed by atoms with Crippen molar-refractivity contribution in [3.8, 4) is 5.75 Å². The molecule has 0 atom stereocenters. The van der Waals surface area contributed by atoms with Gasteiger partial charge >= 0.3 is 0 Å². The summed E-state index contributed by atoms with van der Waals surface area (Å²) in [4.78, 5) is 11.4. The van der Waals surface area contributed by atoms with Gasteiger partial charge in [-0.2, -0.15) is 0 Å². The van der Waals surface area contributed by atoms with E-state index in [1.165, 1.54) is 0 Å². The van der Waals surface area contributed by atoms with Crippen molar-refractivity contribution in [3.05, 3.63) is 23.2 Å². The smallest absolute Gasteiger partial charge is 0.224 e. The number of halogens is 1. The van der Waals surface area contributed by atoms with E-state index in [-0.39, 0.29) is 5.91 Å². The van der Waals surface area contributed by atoms with Gasteiger partial charge in [0.15, 0.2) is 0 Å². The highest BCUT2D eigenvalue weighted by molar-refractivity contribution is 6.30. The van der Waals surface area contributed by atoms with E-state index >= 15 is 0 Å². The Morgan fingerprint density at radius 1 is 1.53 bits per heavy atom. The minimum absolute atomic E-state index is 0.0156. The van der Waals surface area contributed by atoms with Crippen LogP contribution in [0.5, 0.6) is 5.75 Å². The molecule has 1 N–H and O–H groups in total. The number of ether oxygens (including phenoxy) is 1. The van der Waals surface area contributed by atoms with Crippen LogP contribution in [0, 0.1) is 0 Å². The predicted molar refractivity (Wildman–Crippen MR) is 61.5 cm³/mol. The molecule has 0 aliphatic carbocycles. The molecule has 0 heterocycles. The van der Waals surface area contributed by atoms with Crippen LogP contribution in [-0.4, -0.2) is 13.0 Å². The van der Waals surface area contributed by atoms with E-state index in [1.807, 2.05) is 6.92 Å². The molecule has 0 fully saturated rings. The summed E-state index contributed by atoms with van der Waals surface area (Å²) in [5.74, 6) is 0.560. The Morgan fingerprint density at radius 2 is 2.27 bits per heavy atom. The Balaban J connectivity index is 2.80. The average molecular weight is 228 g/mol. The van der Waals surface area contributed by atoms with Gasteiger partial charge < -0.3 is 10.1 Å². The summed E-state index contributed by atoms with van der Waals surface area (Å²) < 4.78 is 5.11. The number of benzene rings is 1. The fourth-order valence-electron chi connectivity index (χ4n) is 1.21. The maximum atomic E-state index is 11.4. The zero-order valence-corrected chi connectivity index (χ0v) is 9.60. The van der Waals surface area contributed by atoms with Gasteiger partial charge in [-0.1, -0.05) is 18.5 Å². The number of amides is 1. The zero-order valence-electron chi connectivity index (χ0n) is 8.84. The van der Waals surface area contributed by atoms with E-state index in [0.29, 0.717) is 22.9 Å². The standard InChI is InChI=1S/C11H14ClNO2/c1-3-4-11(14)13-9-6-5-8(12)7-10(9)15-2/h5-7H,3-4H2,1-2H3,(H,13,14). The highest BCUT2D eigenvalue weighted by Crippen LogP contribution is 2.27. The third-order valence-electron chi connectivity index (χ3n) is 1.91. The van der Waals surface area contributed by atoms with E-state index in [4.69, 9.17) is 16.3 Å². The molecule has 0 aliphatic heterocycles. The summed E-state index contributed by atoms with van der Waals surface area (Å²) >= 11 is 5.80. The van der Waals surface area contributed by atoms with Crippen LogP contribution in [0.25, 0.3) is 0 Å². The fourth-order valence-corrected chi connectivity index (χ4v) is 1.37. The van der Waals surface area contributed by atoms with Gasteiger partial charge in [-0.3, -0.25) is 4.79 Å². The summed E-state index contributed by atoms with van der Waals surface area (Å²) in [5.41, 5.74) is 0.653. The molecular weight excluding hydrogens is 214 g/mol. The quantitative estimate of drug-likeness (QED) is 0.859. The molecule has 4 heteroatoms. The second kappa shape index (κ2) is 5.61. The Hall–Kier alpha value is -1.22. The lowest BCUT2D eigenvalue weighted by atomic mass is 10.2. The van der Waals surface area contributed by atoms with Crippen molar-refractivity contribution in [2.24, 2.45) is 0 Å². The number of carbonyl (C=O) groups is 1. The lowest BCUT2D eigenvalue weighted by Crippen LogP contribution is -2.11. The number of anilines is 1. The van der Waals surface area contributed by atoms with Gasteiger partial charge in [0.1, 0.15) is 5.75 Å². The maximum absolute atomic E-state index is 11.4. The van der Waals surface area contributed by atoms with E-state index in [2.05, 4.69) is 5.32 Å². The molecule has 1 aromatic carbocycles. The molecular formula is C11H14ClNO2. The zero-order chi connectivity index (χ0) is 11.3. The van der Waals surface area contributed by atoms with Crippen molar-refractivity contribution in [2.45, 2.75) is 19.8 Å². The van der Waals surface area contributed by atoms with E-state index < -0.39 is 0 Å². The van der Waals surface area contributed by atoms with E-state index in [9.17, 15) is 4.79 Å². The van der Waals surface area contributed by atoms with Gasteiger partial charge in [0, 0.05) is 17.5 Å². The van der Waals surface area contributed by atoms with Gasteiger partial charge in [0.25, 0.3) is 0 Å². The van der Waals surface area contributed by atoms with Crippen molar-refractivity contribution in [2.75, 3.05) is 12.4 Å². The molecule has 0 spiro atoms. The third kappa shape index (κ3) is 3.44. The van der Waals surface area contributed by atoms with Crippen LogP contribution in [0.4, 0.5) is 5.69 Å². The Morgan fingerprint density at radius 3 is 2.87 bits per heavy atom. The number of nitrogens with one attached hydrogen (secondary N) is 1. The molecule has 0 radical (unpaired) electrons. The Bertz CT molecular complexity index is 352.